The first-order chi connectivity index (χ1) is 8.97. The molecular weight excluding hydrogens is 250 g/mol. The van der Waals surface area contributed by atoms with Crippen LogP contribution in [-0.2, 0) is 0 Å². The van der Waals surface area contributed by atoms with Gasteiger partial charge in [-0.25, -0.2) is 10.0 Å². The van der Waals surface area contributed by atoms with Crippen molar-refractivity contribution in [2.75, 3.05) is 38.4 Å². The molecule has 1 heterocycles. The predicted molar refractivity (Wildman–Crippen MR) is 88.6 cm³/mol. The lowest BCUT2D eigenvalue weighted by atomic mass is 9.95. The molecule has 0 aliphatic carbocycles. The van der Waals surface area contributed by atoms with E-state index < -0.39 is 10.0 Å². The average molecular weight is 279 g/mol. The smallest absolute Gasteiger partial charge is 0.00191 e. The van der Waals surface area contributed by atoms with Crippen LogP contribution >= 0.6 is 10.0 Å². The van der Waals surface area contributed by atoms with E-state index in [4.69, 9.17) is 0 Å². The molecule has 1 aromatic carbocycles. The highest BCUT2D eigenvalue weighted by Gasteiger charge is 2.20. The van der Waals surface area contributed by atoms with Gasteiger partial charge in [0.2, 0.25) is 0 Å². The largest absolute Gasteiger partial charge is 0.306 e. The van der Waals surface area contributed by atoms with Gasteiger partial charge in [0.25, 0.3) is 0 Å². The predicted octanol–water partition coefficient (Wildman–Crippen LogP) is 4.15. The maximum absolute atomic E-state index is 2.48. The van der Waals surface area contributed by atoms with Gasteiger partial charge in [-0.15, -0.1) is 0 Å². The van der Waals surface area contributed by atoms with Crippen molar-refractivity contribution in [2.24, 2.45) is 5.92 Å². The molecule has 0 N–H and O–H groups in total. The van der Waals surface area contributed by atoms with Gasteiger partial charge in [0.1, 0.15) is 0 Å². The molecular formula is C17H29NS. The van der Waals surface area contributed by atoms with E-state index in [0.29, 0.717) is 0 Å². The molecule has 1 nitrogen and oxygen atoms in total. The first-order valence-electron chi connectivity index (χ1n) is 7.44. The van der Waals surface area contributed by atoms with Crippen LogP contribution in [0.3, 0.4) is 0 Å². The van der Waals surface area contributed by atoms with Gasteiger partial charge in [-0.2, -0.15) is 0 Å². The molecule has 1 aliphatic rings. The Morgan fingerprint density at radius 2 is 1.68 bits per heavy atom. The summed E-state index contributed by atoms with van der Waals surface area (Å²) in [7, 11) is 1.64. The molecule has 0 amide bonds. The Balaban J connectivity index is 1.88. The number of hydrogen-bond donors (Lipinski definition) is 0. The SMILES string of the molecule is Cc1ccc(S(C)(C)CCC2CCN(C)CC2)cc1. The van der Waals surface area contributed by atoms with Crippen molar-refractivity contribution in [1.29, 1.82) is 0 Å². The first kappa shape index (κ1) is 14.9. The second kappa shape index (κ2) is 6.32. The lowest BCUT2D eigenvalue weighted by Crippen LogP contribution is -2.30. The zero-order valence-electron chi connectivity index (χ0n) is 13.0. The second-order valence-electron chi connectivity index (χ2n) is 6.59. The van der Waals surface area contributed by atoms with E-state index in [9.17, 15) is 0 Å². The van der Waals surface area contributed by atoms with E-state index in [1.165, 1.54) is 43.7 Å². The van der Waals surface area contributed by atoms with Gasteiger partial charge in [-0.05, 0) is 87.5 Å². The molecule has 19 heavy (non-hydrogen) atoms. The molecule has 0 aromatic heterocycles. The number of likely N-dealkylation sites (tertiary alicyclic amines) is 1. The standard InChI is InChI=1S/C17H29NS/c1-15-5-7-17(8-6-15)19(3,4)14-11-16-9-12-18(2)13-10-16/h5-8,16H,9-14H2,1-4H3. The molecule has 1 aliphatic heterocycles. The van der Waals surface area contributed by atoms with E-state index in [1.807, 2.05) is 0 Å². The van der Waals surface area contributed by atoms with Crippen LogP contribution in [0.1, 0.15) is 24.8 Å². The summed E-state index contributed by atoms with van der Waals surface area (Å²) in [5, 5.41) is 0. The first-order valence-corrected chi connectivity index (χ1v) is 10.1. The Kier molecular flexibility index (Phi) is 4.97. The molecule has 1 fully saturated rings. The minimum Gasteiger partial charge on any atom is -0.306 e. The van der Waals surface area contributed by atoms with Crippen LogP contribution in [-0.4, -0.2) is 43.3 Å². The van der Waals surface area contributed by atoms with Crippen LogP contribution in [0.2, 0.25) is 0 Å². The third-order valence-electron chi connectivity index (χ3n) is 4.53. The number of rotatable bonds is 4. The van der Waals surface area contributed by atoms with E-state index in [-0.39, 0.29) is 0 Å². The van der Waals surface area contributed by atoms with Crippen LogP contribution in [0, 0.1) is 12.8 Å². The second-order valence-corrected chi connectivity index (χ2v) is 10.5. The summed E-state index contributed by atoms with van der Waals surface area (Å²) in [5.41, 5.74) is 1.37. The number of piperidine rings is 1. The molecule has 0 bridgehead atoms. The maximum Gasteiger partial charge on any atom is -0.00191 e. The quantitative estimate of drug-likeness (QED) is 0.800. The number of benzene rings is 1. The van der Waals surface area contributed by atoms with Crippen LogP contribution < -0.4 is 0 Å². The molecule has 0 saturated carbocycles. The van der Waals surface area contributed by atoms with Crippen LogP contribution in [0.15, 0.2) is 29.2 Å². The van der Waals surface area contributed by atoms with Gasteiger partial charge >= 0.3 is 0 Å². The third kappa shape index (κ3) is 4.25. The number of hydrogen-bond acceptors (Lipinski definition) is 1. The van der Waals surface area contributed by atoms with Crippen LogP contribution in [0.5, 0.6) is 0 Å². The van der Waals surface area contributed by atoms with Gasteiger partial charge in [-0.3, -0.25) is 0 Å². The number of nitrogens with zero attached hydrogens (tertiary/aromatic N) is 1. The molecule has 2 heteroatoms. The zero-order valence-corrected chi connectivity index (χ0v) is 13.8. The summed E-state index contributed by atoms with van der Waals surface area (Å²) in [6.07, 6.45) is 9.18. The van der Waals surface area contributed by atoms with E-state index in [0.717, 1.165) is 5.92 Å². The average Bonchev–Trinajstić information content (AvgIpc) is 2.39. The van der Waals surface area contributed by atoms with E-state index in [1.54, 1.807) is 4.90 Å². The Hall–Kier alpha value is -0.470. The molecule has 0 spiro atoms. The highest BCUT2D eigenvalue weighted by atomic mass is 32.3. The van der Waals surface area contributed by atoms with Gasteiger partial charge in [0, 0.05) is 0 Å². The zero-order chi connectivity index (χ0) is 13.9. The fourth-order valence-electron chi connectivity index (χ4n) is 2.84. The fraction of sp³-hybridized carbons (Fsp3) is 0.647. The Morgan fingerprint density at radius 3 is 2.26 bits per heavy atom. The minimum atomic E-state index is -0.604. The number of aryl methyl sites for hydroxylation is 1. The maximum atomic E-state index is 2.48. The topological polar surface area (TPSA) is 3.24 Å². The van der Waals surface area contributed by atoms with Gasteiger partial charge in [-0.1, -0.05) is 17.7 Å². The fourth-order valence-corrected chi connectivity index (χ4v) is 4.87. The normalized spacial score (nSPS) is 19.6. The van der Waals surface area contributed by atoms with Gasteiger partial charge in [0.05, 0.1) is 0 Å². The molecule has 1 aromatic rings. The summed E-state index contributed by atoms with van der Waals surface area (Å²) >= 11 is 0. The molecule has 108 valence electrons. The summed E-state index contributed by atoms with van der Waals surface area (Å²) < 4.78 is 0. The molecule has 0 unspecified atom stereocenters. The molecule has 2 rings (SSSR count). The van der Waals surface area contributed by atoms with Gasteiger partial charge < -0.3 is 4.90 Å². The molecule has 0 radical (unpaired) electrons. The molecule has 1 saturated heterocycles. The lowest BCUT2D eigenvalue weighted by Gasteiger charge is -2.35. The van der Waals surface area contributed by atoms with Crippen molar-refractivity contribution in [2.45, 2.75) is 31.1 Å². The summed E-state index contributed by atoms with van der Waals surface area (Å²) in [4.78, 5) is 4.04. The Morgan fingerprint density at radius 1 is 1.11 bits per heavy atom. The van der Waals surface area contributed by atoms with E-state index in [2.05, 4.69) is 55.6 Å². The Labute approximate surface area is 120 Å². The van der Waals surface area contributed by atoms with Crippen molar-refractivity contribution < 1.29 is 0 Å². The minimum absolute atomic E-state index is 0.604. The lowest BCUT2D eigenvalue weighted by molar-refractivity contribution is 0.217. The van der Waals surface area contributed by atoms with Crippen LogP contribution in [0.4, 0.5) is 0 Å². The van der Waals surface area contributed by atoms with Gasteiger partial charge in [0.15, 0.2) is 0 Å². The van der Waals surface area contributed by atoms with E-state index >= 15 is 0 Å². The highest BCUT2D eigenvalue weighted by Crippen LogP contribution is 2.50. The van der Waals surface area contributed by atoms with Crippen molar-refractivity contribution in [3.63, 3.8) is 0 Å². The Bertz CT molecular complexity index is 388. The summed E-state index contributed by atoms with van der Waals surface area (Å²) in [6, 6.07) is 9.22. The van der Waals surface area contributed by atoms with Crippen molar-refractivity contribution >= 4 is 10.0 Å². The van der Waals surface area contributed by atoms with Crippen molar-refractivity contribution in [3.05, 3.63) is 29.8 Å². The van der Waals surface area contributed by atoms with Crippen LogP contribution in [0.25, 0.3) is 0 Å². The third-order valence-corrected chi connectivity index (χ3v) is 7.34. The summed E-state index contributed by atoms with van der Waals surface area (Å²) in [6.45, 7) is 4.76. The van der Waals surface area contributed by atoms with Crippen molar-refractivity contribution in [1.82, 2.24) is 4.90 Å². The molecule has 0 atom stereocenters. The monoisotopic (exact) mass is 279 g/mol. The van der Waals surface area contributed by atoms with Crippen molar-refractivity contribution in [3.8, 4) is 0 Å². The highest BCUT2D eigenvalue weighted by molar-refractivity contribution is 8.32. The summed E-state index contributed by atoms with van der Waals surface area (Å²) in [5.74, 6) is 2.36.